The molecule has 0 fully saturated rings. The zero-order chi connectivity index (χ0) is 13.1. The third kappa shape index (κ3) is 2.19. The highest BCUT2D eigenvalue weighted by Gasteiger charge is 2.03. The molecule has 92 valence electrons. The van der Waals surface area contributed by atoms with Gasteiger partial charge in [-0.3, -0.25) is 9.97 Å². The Bertz CT molecular complexity index is 626. The minimum Gasteiger partial charge on any atom is -0.251 e. The van der Waals surface area contributed by atoms with E-state index in [4.69, 9.17) is 0 Å². The minimum atomic E-state index is 1.00. The van der Waals surface area contributed by atoms with Gasteiger partial charge in [-0.2, -0.15) is 0 Å². The maximum atomic E-state index is 4.58. The van der Waals surface area contributed by atoms with Crippen LogP contribution in [0, 0.1) is 13.8 Å². The Morgan fingerprint density at radius 2 is 0.944 bits per heavy atom. The number of hydrogen-bond acceptors (Lipinski definition) is 2. The summed E-state index contributed by atoms with van der Waals surface area (Å²) in [5, 5.41) is 2.30. The normalized spacial score (nSPS) is 10.2. The molecule has 0 saturated heterocycles. The molecule has 0 atom stereocenters. The molecule has 2 aromatic heterocycles. The molecule has 0 aliphatic carbocycles. The molecule has 0 aliphatic heterocycles. The molecular formula is C16H18N2. The highest BCUT2D eigenvalue weighted by molar-refractivity contribution is 6.02. The largest absolute Gasteiger partial charge is 0.251 e. The predicted molar refractivity (Wildman–Crippen MR) is 77.9 cm³/mol. The Morgan fingerprint density at radius 3 is 1.33 bits per heavy atom. The lowest BCUT2D eigenvalue weighted by molar-refractivity contribution is 1.23. The van der Waals surface area contributed by atoms with E-state index in [2.05, 4.69) is 34.2 Å². The first kappa shape index (κ1) is 12.5. The van der Waals surface area contributed by atoms with Gasteiger partial charge in [-0.25, -0.2) is 0 Å². The molecule has 0 spiro atoms. The average Bonchev–Trinajstić information content (AvgIpc) is 2.41. The summed E-state index contributed by atoms with van der Waals surface area (Å²) < 4.78 is 0. The zero-order valence-corrected chi connectivity index (χ0v) is 11.4. The van der Waals surface area contributed by atoms with Crippen molar-refractivity contribution in [2.24, 2.45) is 0 Å². The Balaban J connectivity index is 0.000000574. The number of nitrogens with zero attached hydrogens (tertiary/aromatic N) is 2. The summed E-state index contributed by atoms with van der Waals surface area (Å²) in [6.45, 7) is 8.02. The second-order valence-corrected chi connectivity index (χ2v) is 4.11. The van der Waals surface area contributed by atoms with Crippen molar-refractivity contribution in [1.29, 1.82) is 0 Å². The lowest BCUT2D eigenvalue weighted by Gasteiger charge is -2.04. The Kier molecular flexibility index (Phi) is 3.56. The van der Waals surface area contributed by atoms with Crippen molar-refractivity contribution in [1.82, 2.24) is 9.97 Å². The van der Waals surface area contributed by atoms with E-state index in [1.807, 2.05) is 39.8 Å². The molecule has 2 nitrogen and oxygen atoms in total. The van der Waals surface area contributed by atoms with Crippen molar-refractivity contribution in [3.05, 3.63) is 47.8 Å². The maximum absolute atomic E-state index is 4.58. The first-order valence-corrected chi connectivity index (χ1v) is 6.38. The van der Waals surface area contributed by atoms with Crippen LogP contribution in [-0.2, 0) is 0 Å². The van der Waals surface area contributed by atoms with Crippen molar-refractivity contribution in [2.45, 2.75) is 27.7 Å². The van der Waals surface area contributed by atoms with E-state index in [0.717, 1.165) is 33.2 Å². The highest BCUT2D eigenvalue weighted by Crippen LogP contribution is 2.22. The first-order chi connectivity index (χ1) is 8.74. The fourth-order valence-corrected chi connectivity index (χ4v) is 1.96. The standard InChI is InChI=1S/C14H12N2.C2H6/c1-9-3-5-11-7-8-12-6-4-10(2)16-14(12)13(11)15-9;1-2/h3-8H,1-2H3;1-2H3. The van der Waals surface area contributed by atoms with Crippen LogP contribution in [-0.4, -0.2) is 9.97 Å². The molecule has 0 radical (unpaired) electrons. The molecule has 0 unspecified atom stereocenters. The number of benzene rings is 1. The van der Waals surface area contributed by atoms with E-state index < -0.39 is 0 Å². The highest BCUT2D eigenvalue weighted by atomic mass is 14.8. The van der Waals surface area contributed by atoms with Gasteiger partial charge in [0, 0.05) is 22.2 Å². The fourth-order valence-electron chi connectivity index (χ4n) is 1.96. The monoisotopic (exact) mass is 238 g/mol. The molecule has 0 amide bonds. The van der Waals surface area contributed by atoms with Gasteiger partial charge >= 0.3 is 0 Å². The van der Waals surface area contributed by atoms with Gasteiger partial charge in [0.2, 0.25) is 0 Å². The third-order valence-electron chi connectivity index (χ3n) is 2.80. The van der Waals surface area contributed by atoms with E-state index in [9.17, 15) is 0 Å². The molecule has 0 saturated carbocycles. The van der Waals surface area contributed by atoms with E-state index in [0.29, 0.717) is 0 Å². The first-order valence-electron chi connectivity index (χ1n) is 6.38. The molecule has 0 aliphatic rings. The topological polar surface area (TPSA) is 25.8 Å². The van der Waals surface area contributed by atoms with Crippen LogP contribution in [0.4, 0.5) is 0 Å². The summed E-state index contributed by atoms with van der Waals surface area (Å²) in [5.41, 5.74) is 4.06. The van der Waals surface area contributed by atoms with Crippen molar-refractivity contribution in [2.75, 3.05) is 0 Å². The van der Waals surface area contributed by atoms with E-state index >= 15 is 0 Å². The van der Waals surface area contributed by atoms with Gasteiger partial charge in [-0.05, 0) is 26.0 Å². The molecule has 18 heavy (non-hydrogen) atoms. The van der Waals surface area contributed by atoms with Crippen molar-refractivity contribution in [3.63, 3.8) is 0 Å². The van der Waals surface area contributed by atoms with Crippen LogP contribution in [0.1, 0.15) is 25.2 Å². The van der Waals surface area contributed by atoms with Gasteiger partial charge in [0.15, 0.2) is 0 Å². The van der Waals surface area contributed by atoms with Gasteiger partial charge in [0.05, 0.1) is 11.0 Å². The summed E-state index contributed by atoms with van der Waals surface area (Å²) in [7, 11) is 0. The van der Waals surface area contributed by atoms with Crippen LogP contribution < -0.4 is 0 Å². The lowest BCUT2D eigenvalue weighted by Crippen LogP contribution is -1.89. The zero-order valence-electron chi connectivity index (χ0n) is 11.4. The number of pyridine rings is 2. The number of hydrogen-bond donors (Lipinski definition) is 0. The van der Waals surface area contributed by atoms with Crippen molar-refractivity contribution < 1.29 is 0 Å². The summed E-state index contributed by atoms with van der Waals surface area (Å²) in [4.78, 5) is 9.16. The van der Waals surface area contributed by atoms with Crippen LogP contribution in [0.25, 0.3) is 21.8 Å². The number of aromatic nitrogens is 2. The van der Waals surface area contributed by atoms with Gasteiger partial charge in [-0.1, -0.05) is 38.1 Å². The molecule has 0 N–H and O–H groups in total. The van der Waals surface area contributed by atoms with E-state index in [-0.39, 0.29) is 0 Å². The maximum Gasteiger partial charge on any atom is 0.0967 e. The Morgan fingerprint density at radius 1 is 0.611 bits per heavy atom. The van der Waals surface area contributed by atoms with E-state index in [1.165, 1.54) is 0 Å². The predicted octanol–water partition coefficient (Wildman–Crippen LogP) is 4.43. The number of rotatable bonds is 0. The molecule has 2 heterocycles. The van der Waals surface area contributed by atoms with Gasteiger partial charge < -0.3 is 0 Å². The summed E-state index contributed by atoms with van der Waals surface area (Å²) >= 11 is 0. The molecule has 3 aromatic rings. The minimum absolute atomic E-state index is 1.00. The van der Waals surface area contributed by atoms with Gasteiger partial charge in [0.1, 0.15) is 0 Å². The third-order valence-corrected chi connectivity index (χ3v) is 2.80. The second kappa shape index (κ2) is 5.13. The summed E-state index contributed by atoms with van der Waals surface area (Å²) in [6.07, 6.45) is 0. The van der Waals surface area contributed by atoms with E-state index in [1.54, 1.807) is 0 Å². The average molecular weight is 238 g/mol. The second-order valence-electron chi connectivity index (χ2n) is 4.11. The smallest absolute Gasteiger partial charge is 0.0967 e. The van der Waals surface area contributed by atoms with Crippen LogP contribution in [0.15, 0.2) is 36.4 Å². The quantitative estimate of drug-likeness (QED) is 0.541. The Labute approximate surface area is 108 Å². The Hall–Kier alpha value is -1.96. The molecule has 1 aromatic carbocycles. The number of aryl methyl sites for hydroxylation is 2. The SMILES string of the molecule is CC.Cc1ccc2ccc3ccc(C)nc3c2n1. The van der Waals surface area contributed by atoms with Crippen LogP contribution in [0.5, 0.6) is 0 Å². The molecule has 2 heteroatoms. The molecular weight excluding hydrogens is 220 g/mol. The van der Waals surface area contributed by atoms with Crippen LogP contribution in [0.2, 0.25) is 0 Å². The van der Waals surface area contributed by atoms with Crippen molar-refractivity contribution >= 4 is 21.8 Å². The summed E-state index contributed by atoms with van der Waals surface area (Å²) in [5.74, 6) is 0. The number of fused-ring (bicyclic) bond motifs is 3. The lowest BCUT2D eigenvalue weighted by atomic mass is 10.1. The van der Waals surface area contributed by atoms with Gasteiger partial charge in [-0.15, -0.1) is 0 Å². The van der Waals surface area contributed by atoms with Gasteiger partial charge in [0.25, 0.3) is 0 Å². The molecule has 3 rings (SSSR count). The summed E-state index contributed by atoms with van der Waals surface area (Å²) in [6, 6.07) is 12.5. The van der Waals surface area contributed by atoms with Crippen LogP contribution in [0.3, 0.4) is 0 Å². The van der Waals surface area contributed by atoms with Crippen LogP contribution >= 0.6 is 0 Å². The van der Waals surface area contributed by atoms with Crippen molar-refractivity contribution in [3.8, 4) is 0 Å². The molecule has 0 bridgehead atoms. The fraction of sp³-hybridized carbons (Fsp3) is 0.250.